The van der Waals surface area contributed by atoms with Crippen molar-refractivity contribution < 1.29 is 9.53 Å². The van der Waals surface area contributed by atoms with Gasteiger partial charge in [-0.3, -0.25) is 0 Å². The zero-order valence-corrected chi connectivity index (χ0v) is 17.4. The first kappa shape index (κ1) is 18.9. The van der Waals surface area contributed by atoms with Gasteiger partial charge in [0.15, 0.2) is 0 Å². The molecule has 0 atom stereocenters. The molecule has 0 fully saturated rings. The van der Waals surface area contributed by atoms with Crippen molar-refractivity contribution in [2.75, 3.05) is 0 Å². The van der Waals surface area contributed by atoms with Crippen LogP contribution in [0.5, 0.6) is 5.19 Å². The zero-order valence-electron chi connectivity index (χ0n) is 13.7. The van der Waals surface area contributed by atoms with Gasteiger partial charge in [-0.2, -0.15) is 0 Å². The summed E-state index contributed by atoms with van der Waals surface area (Å²) >= 11 is -0.713. The van der Waals surface area contributed by atoms with E-state index in [0.717, 1.165) is 0 Å². The van der Waals surface area contributed by atoms with Gasteiger partial charge < -0.3 is 0 Å². The first-order valence-corrected chi connectivity index (χ1v) is 16.6. The Morgan fingerprint density at radius 3 is 2.05 bits per heavy atom. The molecule has 0 aliphatic carbocycles. The second-order valence-electron chi connectivity index (χ2n) is 5.80. The van der Waals surface area contributed by atoms with Gasteiger partial charge in [0.25, 0.3) is 0 Å². The van der Waals surface area contributed by atoms with E-state index in [1.165, 1.54) is 54.7 Å². The molecule has 0 aliphatic heterocycles. The number of hydrogen-bond acceptors (Lipinski definition) is 4. The number of aromatic nitrogens is 1. The number of unbranched alkanes of at least 4 members (excludes halogenated alkanes) is 3. The summed E-state index contributed by atoms with van der Waals surface area (Å²) in [5.41, 5.74) is 0. The van der Waals surface area contributed by atoms with Crippen LogP contribution in [0.1, 0.15) is 59.3 Å². The molecule has 1 aromatic rings. The van der Waals surface area contributed by atoms with Crippen LogP contribution in [0.3, 0.4) is 0 Å². The molecule has 0 saturated heterocycles. The van der Waals surface area contributed by atoms with Crippen LogP contribution < -0.4 is 7.63 Å². The fourth-order valence-corrected chi connectivity index (χ4v) is 22.3. The van der Waals surface area contributed by atoms with Crippen LogP contribution >= 0.6 is 11.3 Å². The summed E-state index contributed by atoms with van der Waals surface area (Å²) in [6, 6.07) is 0. The number of carbonyl (C=O) groups is 1. The second-order valence-corrected chi connectivity index (χ2v) is 20.9. The first-order valence-electron chi connectivity index (χ1n) is 8.29. The van der Waals surface area contributed by atoms with Crippen LogP contribution in [0, 0.1) is 0 Å². The molecule has 3 nitrogen and oxygen atoms in total. The third-order valence-electron chi connectivity index (χ3n) is 4.18. The zero-order chi connectivity index (χ0) is 15.6. The van der Waals surface area contributed by atoms with E-state index in [0.29, 0.717) is 11.7 Å². The molecule has 0 amide bonds. The van der Waals surface area contributed by atoms with Crippen LogP contribution in [0.25, 0.3) is 0 Å². The summed E-state index contributed by atoms with van der Waals surface area (Å²) in [6.45, 7) is 7.33. The summed E-state index contributed by atoms with van der Waals surface area (Å²) in [6.07, 6.45) is 9.86. The predicted octanol–water partition coefficient (Wildman–Crippen LogP) is 4.73. The molecule has 1 rings (SSSR count). The van der Waals surface area contributed by atoms with E-state index in [9.17, 15) is 4.79 Å². The normalized spacial score (nSPS) is 11.6. The van der Waals surface area contributed by atoms with Crippen molar-refractivity contribution >= 4 is 39.1 Å². The van der Waals surface area contributed by atoms with E-state index in [2.05, 4.69) is 25.8 Å². The van der Waals surface area contributed by atoms with E-state index in [-0.39, 0.29) is 0 Å². The van der Waals surface area contributed by atoms with E-state index in [1.807, 2.05) is 6.20 Å². The molecule has 1 heterocycles. The Bertz CT molecular complexity index is 387. The molecular formula is C16H29NO2SSn. The number of rotatable bonds is 12. The number of ether oxygens (including phenoxy) is 1. The molecule has 120 valence electrons. The molecule has 0 aromatic carbocycles. The topological polar surface area (TPSA) is 39.2 Å². The maximum absolute atomic E-state index is 10.5. The van der Waals surface area contributed by atoms with E-state index in [1.54, 1.807) is 11.3 Å². The Balaban J connectivity index is 3.00. The van der Waals surface area contributed by atoms with E-state index in [4.69, 9.17) is 4.74 Å². The Kier molecular flexibility index (Phi) is 9.56. The summed E-state index contributed by atoms with van der Waals surface area (Å²) in [7, 11) is 0. The summed E-state index contributed by atoms with van der Waals surface area (Å²) < 4.78 is 10.7. The van der Waals surface area contributed by atoms with Crippen LogP contribution in [0.2, 0.25) is 13.3 Å². The first-order chi connectivity index (χ1) is 10.2. The van der Waals surface area contributed by atoms with Crippen LogP contribution in [-0.2, 0) is 4.79 Å². The van der Waals surface area contributed by atoms with Gasteiger partial charge in [0, 0.05) is 0 Å². The summed E-state index contributed by atoms with van der Waals surface area (Å²) in [5.74, 6) is 0. The van der Waals surface area contributed by atoms with Gasteiger partial charge in [-0.05, 0) is 0 Å². The monoisotopic (exact) mass is 419 g/mol. The van der Waals surface area contributed by atoms with Crippen LogP contribution in [0.4, 0.5) is 0 Å². The van der Waals surface area contributed by atoms with Gasteiger partial charge >= 0.3 is 138 Å². The number of hydrogen-bond donors (Lipinski definition) is 0. The van der Waals surface area contributed by atoms with Crippen LogP contribution in [-0.4, -0.2) is 29.8 Å². The van der Waals surface area contributed by atoms with E-state index >= 15 is 0 Å². The standard InChI is InChI=1S/C4H2NO2S.3C4H9.Sn/c6-3-7-4-5-1-2-8-4;3*1-3-4-2;/h1,3H;3*1,3-4H2,2H3;. The summed E-state index contributed by atoms with van der Waals surface area (Å²) in [4.78, 5) is 14.8. The minimum absolute atomic E-state index is 0.490. The Morgan fingerprint density at radius 2 is 1.62 bits per heavy atom. The molecule has 5 heteroatoms. The fourth-order valence-electron chi connectivity index (χ4n) is 2.89. The molecule has 0 N–H and O–H groups in total. The molecular weight excluding hydrogens is 389 g/mol. The van der Waals surface area contributed by atoms with Crippen molar-refractivity contribution in [2.45, 2.75) is 72.6 Å². The molecule has 0 radical (unpaired) electrons. The number of thiazole rings is 1. The molecule has 1 aromatic heterocycles. The van der Waals surface area contributed by atoms with Gasteiger partial charge in [-0.1, -0.05) is 0 Å². The van der Waals surface area contributed by atoms with Crippen molar-refractivity contribution in [2.24, 2.45) is 0 Å². The number of nitrogens with zero attached hydrogens (tertiary/aromatic N) is 1. The van der Waals surface area contributed by atoms with Crippen molar-refractivity contribution in [3.63, 3.8) is 0 Å². The average Bonchev–Trinajstić information content (AvgIpc) is 2.96. The molecule has 0 saturated carbocycles. The summed E-state index contributed by atoms with van der Waals surface area (Å²) in [5, 5.41) is 0.533. The van der Waals surface area contributed by atoms with E-state index < -0.39 is 18.4 Å². The fraction of sp³-hybridized carbons (Fsp3) is 0.750. The quantitative estimate of drug-likeness (QED) is 0.364. The third-order valence-corrected chi connectivity index (χ3v) is 23.2. The Labute approximate surface area is 137 Å². The van der Waals surface area contributed by atoms with Crippen molar-refractivity contribution in [1.29, 1.82) is 0 Å². The average molecular weight is 418 g/mol. The molecule has 0 aliphatic rings. The van der Waals surface area contributed by atoms with Crippen molar-refractivity contribution in [3.8, 4) is 5.19 Å². The molecule has 0 spiro atoms. The molecule has 0 bridgehead atoms. The molecule has 0 unspecified atom stereocenters. The molecule has 21 heavy (non-hydrogen) atoms. The van der Waals surface area contributed by atoms with Gasteiger partial charge in [-0.15, -0.1) is 0 Å². The van der Waals surface area contributed by atoms with Gasteiger partial charge in [0.1, 0.15) is 0 Å². The van der Waals surface area contributed by atoms with Crippen LogP contribution in [0.15, 0.2) is 6.20 Å². The third kappa shape index (κ3) is 5.89. The number of carbonyl (C=O) groups excluding carboxylic acids is 1. The minimum atomic E-state index is -2.36. The van der Waals surface area contributed by atoms with Gasteiger partial charge in [0.2, 0.25) is 0 Å². The van der Waals surface area contributed by atoms with Crippen molar-refractivity contribution in [1.82, 2.24) is 4.98 Å². The van der Waals surface area contributed by atoms with Gasteiger partial charge in [-0.25, -0.2) is 0 Å². The second kappa shape index (κ2) is 10.6. The SMILES string of the molecule is CCC[CH2][Sn]([CH2]CCC)([CH2]CCC)[c]1cnc(OC=O)s1. The van der Waals surface area contributed by atoms with Gasteiger partial charge in [0.05, 0.1) is 0 Å². The maximum atomic E-state index is 10.5. The van der Waals surface area contributed by atoms with Crippen molar-refractivity contribution in [3.05, 3.63) is 6.20 Å². The Hall–Kier alpha value is -0.101. The predicted molar refractivity (Wildman–Crippen MR) is 93.3 cm³/mol. The Morgan fingerprint density at radius 1 is 1.10 bits per heavy atom.